The van der Waals surface area contributed by atoms with Gasteiger partial charge in [-0.25, -0.2) is 13.4 Å². The van der Waals surface area contributed by atoms with Crippen molar-refractivity contribution in [3.63, 3.8) is 0 Å². The molecule has 0 bridgehead atoms. The molecule has 0 aromatic carbocycles. The summed E-state index contributed by atoms with van der Waals surface area (Å²) >= 11 is 0. The van der Waals surface area contributed by atoms with Crippen LogP contribution >= 0.6 is 0 Å². The van der Waals surface area contributed by atoms with E-state index in [9.17, 15) is 8.42 Å². The average molecular weight is 218 g/mol. The molecule has 0 aliphatic carbocycles. The lowest BCUT2D eigenvalue weighted by Gasteiger charge is -2.10. The van der Waals surface area contributed by atoms with Crippen molar-refractivity contribution in [1.82, 2.24) is 14.8 Å². The Morgan fingerprint density at radius 1 is 1.57 bits per heavy atom. The van der Waals surface area contributed by atoms with E-state index >= 15 is 0 Å². The normalized spacial score (nSPS) is 12.3. The van der Waals surface area contributed by atoms with Crippen molar-refractivity contribution in [3.05, 3.63) is 18.0 Å². The molecule has 80 valence electrons. The number of nitrogens with zero attached hydrogens (tertiary/aromatic N) is 1. The summed E-state index contributed by atoms with van der Waals surface area (Å²) in [5.74, 6) is 0. The van der Waals surface area contributed by atoms with E-state index in [0.717, 1.165) is 0 Å². The first-order chi connectivity index (χ1) is 6.45. The summed E-state index contributed by atoms with van der Waals surface area (Å²) in [6, 6.07) is 1.51. The first kappa shape index (κ1) is 11.2. The van der Waals surface area contributed by atoms with Gasteiger partial charge in [0, 0.05) is 32.5 Å². The van der Waals surface area contributed by atoms with Gasteiger partial charge in [-0.3, -0.25) is 0 Å². The molecule has 1 heterocycles. The van der Waals surface area contributed by atoms with Crippen LogP contribution in [0.3, 0.4) is 0 Å². The molecule has 0 amide bonds. The SMILES string of the molecule is CN(C)NS(=O)(=O)c1c[nH]c(CN)c1. The largest absolute Gasteiger partial charge is 0.363 e. The molecule has 14 heavy (non-hydrogen) atoms. The summed E-state index contributed by atoms with van der Waals surface area (Å²) in [6.45, 7) is 0.289. The zero-order valence-corrected chi connectivity index (χ0v) is 8.93. The van der Waals surface area contributed by atoms with Crippen molar-refractivity contribution in [2.24, 2.45) is 5.73 Å². The van der Waals surface area contributed by atoms with Gasteiger partial charge in [-0.2, -0.15) is 0 Å². The molecule has 0 saturated heterocycles. The van der Waals surface area contributed by atoms with Gasteiger partial charge >= 0.3 is 0 Å². The summed E-state index contributed by atoms with van der Waals surface area (Å²) in [7, 11) is -0.249. The number of aromatic amines is 1. The van der Waals surface area contributed by atoms with Gasteiger partial charge in [0.05, 0.1) is 0 Å². The van der Waals surface area contributed by atoms with E-state index in [1.54, 1.807) is 14.1 Å². The van der Waals surface area contributed by atoms with E-state index in [1.165, 1.54) is 17.3 Å². The van der Waals surface area contributed by atoms with Gasteiger partial charge in [-0.05, 0) is 6.07 Å². The summed E-state index contributed by atoms with van der Waals surface area (Å²) in [5.41, 5.74) is 6.04. The lowest BCUT2D eigenvalue weighted by atomic mass is 10.4. The highest BCUT2D eigenvalue weighted by Gasteiger charge is 2.15. The molecule has 7 heteroatoms. The molecule has 0 fully saturated rings. The molecule has 0 aliphatic heterocycles. The second kappa shape index (κ2) is 4.09. The number of nitrogens with two attached hydrogens (primary N) is 1. The zero-order chi connectivity index (χ0) is 10.8. The lowest BCUT2D eigenvalue weighted by molar-refractivity contribution is 0.364. The minimum Gasteiger partial charge on any atom is -0.363 e. The topological polar surface area (TPSA) is 91.2 Å². The number of hydrazine groups is 1. The van der Waals surface area contributed by atoms with Crippen LogP contribution in [0.4, 0.5) is 0 Å². The molecule has 6 nitrogen and oxygen atoms in total. The van der Waals surface area contributed by atoms with Gasteiger partial charge in [0.25, 0.3) is 10.0 Å². The molecule has 1 aromatic heterocycles. The van der Waals surface area contributed by atoms with E-state index in [1.807, 2.05) is 0 Å². The van der Waals surface area contributed by atoms with Crippen LogP contribution in [0.2, 0.25) is 0 Å². The van der Waals surface area contributed by atoms with Crippen molar-refractivity contribution in [1.29, 1.82) is 0 Å². The first-order valence-corrected chi connectivity index (χ1v) is 5.51. The summed E-state index contributed by atoms with van der Waals surface area (Å²) in [4.78, 5) is 5.28. The van der Waals surface area contributed by atoms with E-state index in [0.29, 0.717) is 5.69 Å². The zero-order valence-electron chi connectivity index (χ0n) is 8.11. The quantitative estimate of drug-likeness (QED) is 0.579. The van der Waals surface area contributed by atoms with Crippen LogP contribution in [-0.4, -0.2) is 32.5 Å². The fourth-order valence-corrected chi connectivity index (χ4v) is 2.08. The minimum atomic E-state index is -3.46. The van der Waals surface area contributed by atoms with Crippen LogP contribution in [0.15, 0.2) is 17.2 Å². The number of H-pyrrole nitrogens is 1. The molecule has 0 radical (unpaired) electrons. The number of sulfonamides is 1. The molecular formula is C7H14N4O2S. The average Bonchev–Trinajstić information content (AvgIpc) is 2.49. The third kappa shape index (κ3) is 2.55. The number of hydrogen-bond acceptors (Lipinski definition) is 4. The predicted octanol–water partition coefficient (Wildman–Crippen LogP) is -0.772. The van der Waals surface area contributed by atoms with Crippen molar-refractivity contribution in [3.8, 4) is 0 Å². The Labute approximate surface area is 83.1 Å². The molecule has 0 spiro atoms. The minimum absolute atomic E-state index is 0.187. The van der Waals surface area contributed by atoms with Crippen LogP contribution in [0.25, 0.3) is 0 Å². The highest BCUT2D eigenvalue weighted by molar-refractivity contribution is 7.89. The summed E-state index contributed by atoms with van der Waals surface area (Å²) in [6.07, 6.45) is 1.41. The predicted molar refractivity (Wildman–Crippen MR) is 52.7 cm³/mol. The molecular weight excluding hydrogens is 204 g/mol. The Bertz CT molecular complexity index is 396. The maximum Gasteiger partial charge on any atom is 0.254 e. The third-order valence-corrected chi connectivity index (χ3v) is 3.01. The van der Waals surface area contributed by atoms with Crippen LogP contribution in [0.1, 0.15) is 5.69 Å². The van der Waals surface area contributed by atoms with Gasteiger partial charge in [0.15, 0.2) is 0 Å². The molecule has 0 unspecified atom stereocenters. The number of aromatic nitrogens is 1. The maximum absolute atomic E-state index is 11.6. The number of hydrogen-bond donors (Lipinski definition) is 3. The van der Waals surface area contributed by atoms with Gasteiger partial charge in [0.2, 0.25) is 0 Å². The Balaban J connectivity index is 2.93. The Kier molecular flexibility index (Phi) is 3.27. The molecule has 1 aromatic rings. The monoisotopic (exact) mass is 218 g/mol. The van der Waals surface area contributed by atoms with Crippen molar-refractivity contribution in [2.75, 3.05) is 14.1 Å². The highest BCUT2D eigenvalue weighted by atomic mass is 32.2. The van der Waals surface area contributed by atoms with Gasteiger partial charge in [-0.1, -0.05) is 0 Å². The summed E-state index contributed by atoms with van der Waals surface area (Å²) < 4.78 is 23.1. The van der Waals surface area contributed by atoms with E-state index in [-0.39, 0.29) is 11.4 Å². The van der Waals surface area contributed by atoms with Crippen molar-refractivity contribution < 1.29 is 8.42 Å². The fourth-order valence-electron chi connectivity index (χ4n) is 0.985. The van der Waals surface area contributed by atoms with Crippen LogP contribution in [0.5, 0.6) is 0 Å². The second-order valence-electron chi connectivity index (χ2n) is 3.05. The van der Waals surface area contributed by atoms with Crippen LogP contribution < -0.4 is 10.6 Å². The van der Waals surface area contributed by atoms with Gasteiger partial charge < -0.3 is 10.7 Å². The molecule has 0 saturated carbocycles. The molecule has 0 atom stereocenters. The van der Waals surface area contributed by atoms with Crippen molar-refractivity contribution in [2.45, 2.75) is 11.4 Å². The Hall–Kier alpha value is -0.890. The second-order valence-corrected chi connectivity index (χ2v) is 4.71. The molecule has 1 rings (SSSR count). The fraction of sp³-hybridized carbons (Fsp3) is 0.429. The number of rotatable bonds is 4. The van der Waals surface area contributed by atoms with Gasteiger partial charge in [-0.15, -0.1) is 4.83 Å². The molecule has 0 aliphatic rings. The maximum atomic E-state index is 11.6. The summed E-state index contributed by atoms with van der Waals surface area (Å²) in [5, 5.41) is 1.37. The lowest BCUT2D eigenvalue weighted by Crippen LogP contribution is -2.35. The van der Waals surface area contributed by atoms with Crippen molar-refractivity contribution >= 4 is 10.0 Å². The van der Waals surface area contributed by atoms with E-state index in [4.69, 9.17) is 5.73 Å². The highest BCUT2D eigenvalue weighted by Crippen LogP contribution is 2.09. The Morgan fingerprint density at radius 2 is 2.21 bits per heavy atom. The van der Waals surface area contributed by atoms with Gasteiger partial charge in [0.1, 0.15) is 4.90 Å². The van der Waals surface area contributed by atoms with E-state index in [2.05, 4.69) is 9.82 Å². The van der Waals surface area contributed by atoms with Crippen LogP contribution in [-0.2, 0) is 16.6 Å². The third-order valence-electron chi connectivity index (χ3n) is 1.55. The first-order valence-electron chi connectivity index (χ1n) is 4.03. The molecule has 4 N–H and O–H groups in total. The number of nitrogens with one attached hydrogen (secondary N) is 2. The van der Waals surface area contributed by atoms with E-state index < -0.39 is 10.0 Å². The standard InChI is InChI=1S/C7H14N4O2S/c1-11(2)10-14(12,13)7-3-6(4-8)9-5-7/h3,5,9-10H,4,8H2,1-2H3. The Morgan fingerprint density at radius 3 is 2.64 bits per heavy atom. The van der Waals surface area contributed by atoms with Crippen LogP contribution in [0, 0.1) is 0 Å². The smallest absolute Gasteiger partial charge is 0.254 e.